The van der Waals surface area contributed by atoms with Crippen molar-refractivity contribution in [2.75, 3.05) is 6.54 Å². The third-order valence-electron chi connectivity index (χ3n) is 4.55. The van der Waals surface area contributed by atoms with Gasteiger partial charge >= 0.3 is 0 Å². The van der Waals surface area contributed by atoms with Gasteiger partial charge < -0.3 is 5.73 Å². The van der Waals surface area contributed by atoms with Crippen molar-refractivity contribution in [3.8, 4) is 0 Å². The lowest BCUT2D eigenvalue weighted by Gasteiger charge is -2.39. The number of nitrogens with two attached hydrogens (primary N) is 1. The fourth-order valence-corrected chi connectivity index (χ4v) is 3.10. The number of alkyl halides is 2. The second-order valence-corrected chi connectivity index (χ2v) is 5.75. The summed E-state index contributed by atoms with van der Waals surface area (Å²) in [6, 6.07) is 9.91. The number of hydrogen-bond acceptors (Lipinski definition) is 2. The molecule has 2 aromatic rings. The molecule has 106 valence electrons. The second-order valence-electron chi connectivity index (χ2n) is 5.75. The van der Waals surface area contributed by atoms with E-state index in [9.17, 15) is 8.78 Å². The molecule has 0 atom stereocenters. The van der Waals surface area contributed by atoms with E-state index in [1.807, 2.05) is 30.3 Å². The third kappa shape index (κ3) is 2.29. The van der Waals surface area contributed by atoms with Gasteiger partial charge in [-0.3, -0.25) is 4.98 Å². The van der Waals surface area contributed by atoms with Crippen LogP contribution in [0.25, 0.3) is 10.9 Å². The molecular weight excluding hydrogens is 258 g/mol. The number of fused-ring (bicyclic) bond motifs is 1. The van der Waals surface area contributed by atoms with Crippen LogP contribution in [0.3, 0.4) is 0 Å². The van der Waals surface area contributed by atoms with E-state index in [1.165, 1.54) is 0 Å². The van der Waals surface area contributed by atoms with Gasteiger partial charge in [0.15, 0.2) is 0 Å². The summed E-state index contributed by atoms with van der Waals surface area (Å²) >= 11 is 0. The van der Waals surface area contributed by atoms with E-state index in [0.29, 0.717) is 19.4 Å². The first-order chi connectivity index (χ1) is 9.55. The molecule has 1 aliphatic rings. The Labute approximate surface area is 117 Å². The molecule has 1 saturated carbocycles. The highest BCUT2D eigenvalue weighted by Crippen LogP contribution is 2.45. The van der Waals surface area contributed by atoms with Crippen LogP contribution in [0.1, 0.15) is 31.2 Å². The number of hydrogen-bond donors (Lipinski definition) is 1. The minimum atomic E-state index is -2.53. The molecule has 4 heteroatoms. The summed E-state index contributed by atoms with van der Waals surface area (Å²) in [4.78, 5) is 4.34. The molecule has 0 bridgehead atoms. The van der Waals surface area contributed by atoms with Gasteiger partial charge in [0.25, 0.3) is 0 Å². The summed E-state index contributed by atoms with van der Waals surface area (Å²) in [5, 5.41) is 1.06. The van der Waals surface area contributed by atoms with Crippen LogP contribution in [0.5, 0.6) is 0 Å². The molecule has 1 heterocycles. The molecule has 0 saturated heterocycles. The largest absolute Gasteiger partial charge is 0.330 e. The number of aromatic nitrogens is 1. The zero-order valence-corrected chi connectivity index (χ0v) is 11.3. The average molecular weight is 276 g/mol. The quantitative estimate of drug-likeness (QED) is 0.909. The molecule has 0 spiro atoms. The van der Waals surface area contributed by atoms with Crippen LogP contribution in [-0.4, -0.2) is 17.5 Å². The summed E-state index contributed by atoms with van der Waals surface area (Å²) < 4.78 is 26.8. The van der Waals surface area contributed by atoms with Crippen LogP contribution in [0, 0.1) is 0 Å². The molecule has 3 rings (SSSR count). The van der Waals surface area contributed by atoms with Gasteiger partial charge in [0, 0.05) is 36.4 Å². The van der Waals surface area contributed by atoms with E-state index < -0.39 is 5.92 Å². The first-order valence-electron chi connectivity index (χ1n) is 6.98. The van der Waals surface area contributed by atoms with Gasteiger partial charge in [-0.15, -0.1) is 0 Å². The molecule has 1 aliphatic carbocycles. The molecule has 0 amide bonds. The molecule has 1 aromatic heterocycles. The Morgan fingerprint density at radius 3 is 2.55 bits per heavy atom. The Hall–Kier alpha value is -1.55. The maximum atomic E-state index is 13.4. The molecule has 1 fully saturated rings. The Bertz CT molecular complexity index is 615. The first-order valence-corrected chi connectivity index (χ1v) is 6.98. The monoisotopic (exact) mass is 276 g/mol. The fraction of sp³-hybridized carbons (Fsp3) is 0.438. The van der Waals surface area contributed by atoms with E-state index >= 15 is 0 Å². The molecule has 2 N–H and O–H groups in total. The van der Waals surface area contributed by atoms with Crippen molar-refractivity contribution < 1.29 is 8.78 Å². The maximum Gasteiger partial charge on any atom is 0.248 e. The zero-order valence-electron chi connectivity index (χ0n) is 11.3. The van der Waals surface area contributed by atoms with Crippen molar-refractivity contribution in [1.82, 2.24) is 4.98 Å². The fourth-order valence-electron chi connectivity index (χ4n) is 3.10. The van der Waals surface area contributed by atoms with Gasteiger partial charge in [0.1, 0.15) is 0 Å². The molecule has 2 nitrogen and oxygen atoms in total. The summed E-state index contributed by atoms with van der Waals surface area (Å²) in [6.45, 7) is 0.404. The lowest BCUT2D eigenvalue weighted by atomic mass is 9.68. The van der Waals surface area contributed by atoms with Gasteiger partial charge in [0.2, 0.25) is 5.92 Å². The van der Waals surface area contributed by atoms with Gasteiger partial charge in [-0.1, -0.05) is 18.2 Å². The van der Waals surface area contributed by atoms with E-state index in [1.54, 1.807) is 6.20 Å². The van der Waals surface area contributed by atoms with E-state index in [0.717, 1.165) is 16.5 Å². The number of pyridine rings is 1. The van der Waals surface area contributed by atoms with Gasteiger partial charge in [0.05, 0.1) is 5.52 Å². The number of rotatable bonds is 2. The predicted octanol–water partition coefficient (Wildman–Crippen LogP) is 3.64. The Morgan fingerprint density at radius 2 is 1.85 bits per heavy atom. The Kier molecular flexibility index (Phi) is 3.21. The topological polar surface area (TPSA) is 38.9 Å². The molecule has 20 heavy (non-hydrogen) atoms. The normalized spacial score (nSPS) is 20.9. The smallest absolute Gasteiger partial charge is 0.248 e. The third-order valence-corrected chi connectivity index (χ3v) is 4.55. The molecule has 0 aliphatic heterocycles. The molecule has 1 aromatic carbocycles. The van der Waals surface area contributed by atoms with Crippen LogP contribution in [-0.2, 0) is 5.41 Å². The number of halogens is 2. The van der Waals surface area contributed by atoms with Gasteiger partial charge in [-0.2, -0.15) is 0 Å². The highest BCUT2D eigenvalue weighted by atomic mass is 19.3. The zero-order chi connectivity index (χ0) is 14.2. The van der Waals surface area contributed by atoms with E-state index in [-0.39, 0.29) is 18.3 Å². The van der Waals surface area contributed by atoms with Crippen molar-refractivity contribution in [2.45, 2.75) is 37.0 Å². The van der Waals surface area contributed by atoms with Crippen LogP contribution in [0.2, 0.25) is 0 Å². The van der Waals surface area contributed by atoms with Crippen molar-refractivity contribution in [1.29, 1.82) is 0 Å². The summed E-state index contributed by atoms with van der Waals surface area (Å²) in [5.74, 6) is -2.53. The highest BCUT2D eigenvalue weighted by molar-refractivity contribution is 5.79. The summed E-state index contributed by atoms with van der Waals surface area (Å²) in [6.07, 6.45) is 2.47. The van der Waals surface area contributed by atoms with Crippen LogP contribution < -0.4 is 5.73 Å². The second kappa shape index (κ2) is 4.77. The van der Waals surface area contributed by atoms with Crippen molar-refractivity contribution in [2.24, 2.45) is 5.73 Å². The number of benzene rings is 1. The predicted molar refractivity (Wildman–Crippen MR) is 75.9 cm³/mol. The van der Waals surface area contributed by atoms with Crippen molar-refractivity contribution in [3.05, 3.63) is 42.1 Å². The first kappa shape index (κ1) is 13.4. The van der Waals surface area contributed by atoms with Crippen LogP contribution >= 0.6 is 0 Å². The lowest BCUT2D eigenvalue weighted by molar-refractivity contribution is -0.0509. The minimum Gasteiger partial charge on any atom is -0.330 e. The highest BCUT2D eigenvalue weighted by Gasteiger charge is 2.43. The molecular formula is C16H18F2N2. The van der Waals surface area contributed by atoms with Crippen molar-refractivity contribution >= 4 is 10.9 Å². The van der Waals surface area contributed by atoms with E-state index in [2.05, 4.69) is 4.98 Å². The molecule has 0 radical (unpaired) electrons. The van der Waals surface area contributed by atoms with Crippen LogP contribution in [0.15, 0.2) is 36.5 Å². The van der Waals surface area contributed by atoms with E-state index in [4.69, 9.17) is 5.73 Å². The minimum absolute atomic E-state index is 0.0789. The molecule has 0 unspecified atom stereocenters. The Morgan fingerprint density at radius 1 is 1.10 bits per heavy atom. The van der Waals surface area contributed by atoms with Gasteiger partial charge in [-0.25, -0.2) is 8.78 Å². The Balaban J connectivity index is 1.99. The number of nitrogens with zero attached hydrogens (tertiary/aromatic N) is 1. The SMILES string of the molecule is NCC1(c2ccc3cccnc3c2)CCC(F)(F)CC1. The summed E-state index contributed by atoms with van der Waals surface area (Å²) in [5.41, 5.74) is 7.55. The van der Waals surface area contributed by atoms with Gasteiger partial charge in [-0.05, 0) is 30.5 Å². The lowest BCUT2D eigenvalue weighted by Crippen LogP contribution is -2.42. The summed E-state index contributed by atoms with van der Waals surface area (Å²) in [7, 11) is 0. The average Bonchev–Trinajstić information content (AvgIpc) is 2.47. The maximum absolute atomic E-state index is 13.4. The standard InChI is InChI=1S/C16H18F2N2/c17-16(18)7-5-15(11-19,6-8-16)13-4-3-12-2-1-9-20-14(12)10-13/h1-4,9-10H,5-8,11,19H2. The van der Waals surface area contributed by atoms with Crippen LogP contribution in [0.4, 0.5) is 8.78 Å². The van der Waals surface area contributed by atoms with Crippen molar-refractivity contribution in [3.63, 3.8) is 0 Å².